The SMILES string of the molecule is Cn1cc([C@H](CC(C(=O)c2ccccc2)C(=O)c2ccccc2)c2ccc3ccccc3c2)c2ccccc21. The molecule has 0 aliphatic rings. The number of aromatic nitrogens is 1. The summed E-state index contributed by atoms with van der Waals surface area (Å²) in [7, 11) is 2.05. The largest absolute Gasteiger partial charge is 0.350 e. The van der Waals surface area contributed by atoms with Gasteiger partial charge in [-0.05, 0) is 34.4 Å². The molecule has 0 unspecified atom stereocenters. The van der Waals surface area contributed by atoms with E-state index in [-0.39, 0.29) is 17.5 Å². The predicted octanol–water partition coefficient (Wildman–Crippen LogP) is 8.24. The average Bonchev–Trinajstić information content (AvgIpc) is 3.33. The van der Waals surface area contributed by atoms with Crippen LogP contribution in [0.1, 0.15) is 44.2 Å². The minimum atomic E-state index is -0.828. The van der Waals surface area contributed by atoms with Crippen molar-refractivity contribution in [2.45, 2.75) is 12.3 Å². The minimum Gasteiger partial charge on any atom is -0.350 e. The fourth-order valence-corrected chi connectivity index (χ4v) is 5.69. The number of hydrogen-bond donors (Lipinski definition) is 0. The van der Waals surface area contributed by atoms with Gasteiger partial charge in [0.05, 0.1) is 5.92 Å². The van der Waals surface area contributed by atoms with E-state index >= 15 is 0 Å². The van der Waals surface area contributed by atoms with E-state index < -0.39 is 5.92 Å². The molecule has 0 bridgehead atoms. The molecule has 39 heavy (non-hydrogen) atoms. The van der Waals surface area contributed by atoms with Crippen LogP contribution in [0.2, 0.25) is 0 Å². The zero-order valence-corrected chi connectivity index (χ0v) is 21.8. The van der Waals surface area contributed by atoms with Crippen molar-refractivity contribution in [1.82, 2.24) is 4.57 Å². The maximum absolute atomic E-state index is 14.0. The summed E-state index contributed by atoms with van der Waals surface area (Å²) in [6, 6.07) is 41.5. The van der Waals surface area contributed by atoms with Gasteiger partial charge in [0, 0.05) is 41.2 Å². The van der Waals surface area contributed by atoms with Crippen LogP contribution in [0.15, 0.2) is 134 Å². The van der Waals surface area contributed by atoms with Gasteiger partial charge >= 0.3 is 0 Å². The Kier molecular flexibility index (Phi) is 6.64. The van der Waals surface area contributed by atoms with Gasteiger partial charge in [-0.25, -0.2) is 0 Å². The molecule has 0 saturated heterocycles. The third-order valence-corrected chi connectivity index (χ3v) is 7.70. The van der Waals surface area contributed by atoms with Crippen molar-refractivity contribution in [2.75, 3.05) is 0 Å². The molecular formula is C36H29NO2. The van der Waals surface area contributed by atoms with Gasteiger partial charge in [-0.3, -0.25) is 9.59 Å². The van der Waals surface area contributed by atoms with Gasteiger partial charge in [-0.1, -0.05) is 121 Å². The van der Waals surface area contributed by atoms with E-state index in [1.165, 1.54) is 0 Å². The first-order valence-corrected chi connectivity index (χ1v) is 13.3. The summed E-state index contributed by atoms with van der Waals surface area (Å²) in [5.74, 6) is -1.28. The number of nitrogens with zero attached hydrogens (tertiary/aromatic N) is 1. The third-order valence-electron chi connectivity index (χ3n) is 7.70. The zero-order chi connectivity index (χ0) is 26.8. The second-order valence-corrected chi connectivity index (χ2v) is 10.1. The molecule has 0 radical (unpaired) electrons. The van der Waals surface area contributed by atoms with Crippen LogP contribution in [0.3, 0.4) is 0 Å². The van der Waals surface area contributed by atoms with E-state index in [1.54, 1.807) is 24.3 Å². The summed E-state index contributed by atoms with van der Waals surface area (Å²) in [6.45, 7) is 0. The molecule has 3 heteroatoms. The van der Waals surface area contributed by atoms with E-state index in [0.29, 0.717) is 17.5 Å². The summed E-state index contributed by atoms with van der Waals surface area (Å²) in [4.78, 5) is 28.0. The van der Waals surface area contributed by atoms with Crippen LogP contribution in [0.4, 0.5) is 0 Å². The van der Waals surface area contributed by atoms with Crippen LogP contribution in [0.25, 0.3) is 21.7 Å². The Morgan fingerprint density at radius 2 is 1.21 bits per heavy atom. The van der Waals surface area contributed by atoms with Crippen molar-refractivity contribution in [3.63, 3.8) is 0 Å². The topological polar surface area (TPSA) is 39.1 Å². The molecule has 0 N–H and O–H groups in total. The van der Waals surface area contributed by atoms with Crippen LogP contribution in [-0.2, 0) is 7.05 Å². The Hall–Kier alpha value is -4.76. The molecule has 0 saturated carbocycles. The van der Waals surface area contributed by atoms with Gasteiger partial charge in [0.15, 0.2) is 11.6 Å². The quantitative estimate of drug-likeness (QED) is 0.154. The van der Waals surface area contributed by atoms with Crippen molar-refractivity contribution >= 4 is 33.2 Å². The first-order valence-electron chi connectivity index (χ1n) is 13.3. The summed E-state index contributed by atoms with van der Waals surface area (Å²) in [6.07, 6.45) is 2.52. The predicted molar refractivity (Wildman–Crippen MR) is 158 cm³/mol. The van der Waals surface area contributed by atoms with E-state index in [9.17, 15) is 9.59 Å². The average molecular weight is 508 g/mol. The standard InChI is InChI=1S/C36H29NO2/c1-37-24-33(30-18-10-11-19-34(30)37)31(29-21-20-25-12-8-9-17-28(25)22-29)23-32(35(38)26-13-4-2-5-14-26)36(39)27-15-6-3-7-16-27/h2-22,24,31-32H,23H2,1H3/t31-/m1/s1. The van der Waals surface area contributed by atoms with Gasteiger partial charge in [0.1, 0.15) is 0 Å². The molecule has 6 aromatic rings. The number of Topliss-reactive ketones (excluding diaryl/α,β-unsaturated/α-hetero) is 2. The molecule has 1 aromatic heterocycles. The van der Waals surface area contributed by atoms with Crippen LogP contribution >= 0.6 is 0 Å². The number of fused-ring (bicyclic) bond motifs is 2. The molecule has 0 aliphatic heterocycles. The molecule has 5 aromatic carbocycles. The molecule has 0 amide bonds. The number of carbonyl (C=O) groups excluding carboxylic acids is 2. The van der Waals surface area contributed by atoms with Crippen LogP contribution < -0.4 is 0 Å². The lowest BCUT2D eigenvalue weighted by Crippen LogP contribution is -2.27. The monoisotopic (exact) mass is 507 g/mol. The molecule has 1 atom stereocenters. The van der Waals surface area contributed by atoms with E-state index in [2.05, 4.69) is 53.2 Å². The number of carbonyl (C=O) groups is 2. The van der Waals surface area contributed by atoms with Gasteiger partial charge < -0.3 is 4.57 Å². The van der Waals surface area contributed by atoms with Crippen LogP contribution in [-0.4, -0.2) is 16.1 Å². The Bertz CT molecular complexity index is 1730. The smallest absolute Gasteiger partial charge is 0.173 e. The van der Waals surface area contributed by atoms with Gasteiger partial charge in [-0.15, -0.1) is 0 Å². The molecule has 0 fully saturated rings. The summed E-state index contributed by atoms with van der Waals surface area (Å²) >= 11 is 0. The highest BCUT2D eigenvalue weighted by atomic mass is 16.2. The fraction of sp³-hybridized carbons (Fsp3) is 0.111. The maximum atomic E-state index is 14.0. The number of benzene rings is 5. The second-order valence-electron chi connectivity index (χ2n) is 10.1. The zero-order valence-electron chi connectivity index (χ0n) is 21.8. The lowest BCUT2D eigenvalue weighted by molar-refractivity contribution is 0.0796. The lowest BCUT2D eigenvalue weighted by atomic mass is 9.77. The Morgan fingerprint density at radius 3 is 1.87 bits per heavy atom. The number of ketones is 2. The second kappa shape index (κ2) is 10.5. The van der Waals surface area contributed by atoms with Gasteiger partial charge in [0.25, 0.3) is 0 Å². The Morgan fingerprint density at radius 1 is 0.641 bits per heavy atom. The minimum absolute atomic E-state index is 0.143. The van der Waals surface area contributed by atoms with E-state index in [1.807, 2.05) is 67.7 Å². The molecular weight excluding hydrogens is 478 g/mol. The normalized spacial score (nSPS) is 12.2. The first-order chi connectivity index (χ1) is 19.1. The lowest BCUT2D eigenvalue weighted by Gasteiger charge is -2.23. The number of rotatable bonds is 8. The number of aryl methyl sites for hydroxylation is 1. The molecule has 190 valence electrons. The van der Waals surface area contributed by atoms with Crippen molar-refractivity contribution in [2.24, 2.45) is 13.0 Å². The highest BCUT2D eigenvalue weighted by molar-refractivity contribution is 6.16. The van der Waals surface area contributed by atoms with Gasteiger partial charge in [0.2, 0.25) is 0 Å². The van der Waals surface area contributed by atoms with Crippen molar-refractivity contribution < 1.29 is 9.59 Å². The van der Waals surface area contributed by atoms with Crippen molar-refractivity contribution in [3.05, 3.63) is 156 Å². The Balaban J connectivity index is 1.52. The van der Waals surface area contributed by atoms with Gasteiger partial charge in [-0.2, -0.15) is 0 Å². The maximum Gasteiger partial charge on any atom is 0.173 e. The van der Waals surface area contributed by atoms with E-state index in [4.69, 9.17) is 0 Å². The summed E-state index contributed by atoms with van der Waals surface area (Å²) in [5, 5.41) is 3.44. The highest BCUT2D eigenvalue weighted by Crippen LogP contribution is 2.39. The van der Waals surface area contributed by atoms with Crippen molar-refractivity contribution in [3.8, 4) is 0 Å². The molecule has 0 aliphatic carbocycles. The molecule has 6 rings (SSSR count). The third kappa shape index (κ3) is 4.80. The number of para-hydroxylation sites is 1. The van der Waals surface area contributed by atoms with E-state index in [0.717, 1.165) is 32.8 Å². The summed E-state index contributed by atoms with van der Waals surface area (Å²) in [5.41, 5.74) is 4.45. The van der Waals surface area contributed by atoms with Crippen LogP contribution in [0.5, 0.6) is 0 Å². The van der Waals surface area contributed by atoms with Crippen molar-refractivity contribution in [1.29, 1.82) is 0 Å². The molecule has 1 heterocycles. The fourth-order valence-electron chi connectivity index (χ4n) is 5.69. The summed E-state index contributed by atoms with van der Waals surface area (Å²) < 4.78 is 2.13. The molecule has 0 spiro atoms. The first kappa shape index (κ1) is 24.6. The van der Waals surface area contributed by atoms with Crippen LogP contribution in [0, 0.1) is 5.92 Å². The highest BCUT2D eigenvalue weighted by Gasteiger charge is 2.33. The Labute approximate surface area is 228 Å². The molecule has 3 nitrogen and oxygen atoms in total. The number of hydrogen-bond acceptors (Lipinski definition) is 2.